The average Bonchev–Trinajstić information content (AvgIpc) is 4.10. The summed E-state index contributed by atoms with van der Waals surface area (Å²) in [5.74, 6) is 0. The van der Waals surface area contributed by atoms with Crippen LogP contribution < -0.4 is 4.90 Å². The Kier molecular flexibility index (Phi) is 7.70. The van der Waals surface area contributed by atoms with Gasteiger partial charge in [0.25, 0.3) is 0 Å². The van der Waals surface area contributed by atoms with Crippen LogP contribution in [0.5, 0.6) is 0 Å². The predicted molar refractivity (Wildman–Crippen MR) is 258 cm³/mol. The Morgan fingerprint density at radius 2 is 1.07 bits per heavy atom. The molecule has 0 unspecified atom stereocenters. The highest BCUT2D eigenvalue weighted by atomic mass is 32.2. The maximum absolute atomic E-state index is 4.18. The molecular formula is C56H41N2S2-. The number of fused-ring (bicyclic) bond motifs is 7. The molecule has 2 bridgehead atoms. The van der Waals surface area contributed by atoms with Crippen molar-refractivity contribution in [3.05, 3.63) is 194 Å². The van der Waals surface area contributed by atoms with E-state index in [9.17, 15) is 0 Å². The number of aromatic nitrogens is 1. The van der Waals surface area contributed by atoms with Crippen molar-refractivity contribution in [1.29, 1.82) is 0 Å². The lowest BCUT2D eigenvalue weighted by Gasteiger charge is -2.38. The summed E-state index contributed by atoms with van der Waals surface area (Å²) in [4.78, 5) is 2.45. The maximum Gasteiger partial charge on any atom is 0.0541 e. The van der Waals surface area contributed by atoms with E-state index in [1.165, 1.54) is 107 Å². The molecule has 2 aromatic heterocycles. The summed E-state index contributed by atoms with van der Waals surface area (Å²) in [5.41, 5.74) is 13.6. The third-order valence-electron chi connectivity index (χ3n) is 13.6. The van der Waals surface area contributed by atoms with Gasteiger partial charge in [0, 0.05) is 59.1 Å². The van der Waals surface area contributed by atoms with Crippen LogP contribution in [0.4, 0.5) is 17.1 Å². The molecule has 1 saturated heterocycles. The number of hydrogen-bond donors (Lipinski definition) is 0. The van der Waals surface area contributed by atoms with Crippen LogP contribution in [0.3, 0.4) is 0 Å². The summed E-state index contributed by atoms with van der Waals surface area (Å²) < 4.78 is 5.08. The molecule has 0 spiro atoms. The molecule has 1 fully saturated rings. The third kappa shape index (κ3) is 5.35. The largest absolute Gasteiger partial charge is 0.447 e. The molecule has 0 N–H and O–H groups in total. The average molecular weight is 806 g/mol. The van der Waals surface area contributed by atoms with Gasteiger partial charge >= 0.3 is 0 Å². The predicted octanol–water partition coefficient (Wildman–Crippen LogP) is 15.1. The lowest BCUT2D eigenvalue weighted by Crippen LogP contribution is -2.30. The Balaban J connectivity index is 0.887. The van der Waals surface area contributed by atoms with Crippen LogP contribution in [-0.4, -0.2) is 15.1 Å². The van der Waals surface area contributed by atoms with Gasteiger partial charge in [0.1, 0.15) is 0 Å². The SMILES string of the molecule is C1#[S-]2[C@H]3CC[C@H]2CC1(c1cccc(N(c2ccc(-c4cccc(-n5c6ccccc6c6ccccc65)c4)cc2)c2ccc(-c4ccc5sc6ccccc6c5c4)cc2)c1)C3. The fourth-order valence-corrected chi connectivity index (χ4v) is 15.2. The Bertz CT molecular complexity index is 3360. The summed E-state index contributed by atoms with van der Waals surface area (Å²) in [6.45, 7) is 0. The van der Waals surface area contributed by atoms with Gasteiger partial charge in [0.15, 0.2) is 0 Å². The molecule has 3 aliphatic rings. The summed E-state index contributed by atoms with van der Waals surface area (Å²) in [6, 6.07) is 70.0. The highest BCUT2D eigenvalue weighted by Gasteiger charge is 2.43. The Morgan fingerprint density at radius 1 is 0.483 bits per heavy atom. The third-order valence-corrected chi connectivity index (χ3v) is 17.6. The van der Waals surface area contributed by atoms with Crippen LogP contribution >= 0.6 is 11.3 Å². The van der Waals surface area contributed by atoms with Crippen LogP contribution in [-0.2, 0) is 15.7 Å². The Labute approximate surface area is 356 Å². The minimum atomic E-state index is 0.107. The maximum atomic E-state index is 4.18. The van der Waals surface area contributed by atoms with Gasteiger partial charge < -0.3 is 19.8 Å². The zero-order valence-corrected chi connectivity index (χ0v) is 34.7. The number of para-hydroxylation sites is 2. The second kappa shape index (κ2) is 13.4. The molecule has 2 nitrogen and oxygen atoms in total. The van der Waals surface area contributed by atoms with E-state index in [0.29, 0.717) is 10.3 Å². The van der Waals surface area contributed by atoms with Gasteiger partial charge in [-0.3, -0.25) is 5.18 Å². The van der Waals surface area contributed by atoms with Crippen molar-refractivity contribution in [2.24, 2.45) is 0 Å². The lowest BCUT2D eigenvalue weighted by atomic mass is 9.76. The number of rotatable bonds is 7. The van der Waals surface area contributed by atoms with Crippen molar-refractivity contribution in [2.75, 3.05) is 4.90 Å². The van der Waals surface area contributed by atoms with Gasteiger partial charge in [-0.15, -0.1) is 21.8 Å². The molecule has 60 heavy (non-hydrogen) atoms. The number of nitrogens with zero attached hydrogens (tertiary/aromatic N) is 2. The highest BCUT2D eigenvalue weighted by molar-refractivity contribution is 7.88. The zero-order chi connectivity index (χ0) is 39.4. The van der Waals surface area contributed by atoms with Gasteiger partial charge in [-0.2, -0.15) is 0 Å². The fourth-order valence-electron chi connectivity index (χ4n) is 10.8. The van der Waals surface area contributed by atoms with E-state index in [1.807, 2.05) is 11.3 Å². The van der Waals surface area contributed by atoms with Crippen molar-refractivity contribution < 1.29 is 0 Å². The summed E-state index contributed by atoms with van der Waals surface area (Å²) in [5, 5.41) is 11.1. The smallest absolute Gasteiger partial charge is 0.0541 e. The molecular weight excluding hydrogens is 765 g/mol. The molecule has 288 valence electrons. The number of benzene rings is 8. The Morgan fingerprint density at radius 3 is 1.75 bits per heavy atom. The van der Waals surface area contributed by atoms with Crippen molar-refractivity contribution in [1.82, 2.24) is 4.57 Å². The van der Waals surface area contributed by atoms with Crippen LogP contribution in [0.2, 0.25) is 0 Å². The second-order valence-corrected chi connectivity index (χ2v) is 20.4. The van der Waals surface area contributed by atoms with Crippen molar-refractivity contribution >= 4 is 80.7 Å². The summed E-state index contributed by atoms with van der Waals surface area (Å²) >= 11 is 1.87. The van der Waals surface area contributed by atoms with E-state index in [-0.39, 0.29) is 5.41 Å². The van der Waals surface area contributed by atoms with E-state index < -0.39 is 0 Å². The highest BCUT2D eigenvalue weighted by Crippen LogP contribution is 2.53. The van der Waals surface area contributed by atoms with E-state index in [1.54, 1.807) is 0 Å². The molecule has 5 heterocycles. The first-order valence-electron chi connectivity index (χ1n) is 21.3. The fraction of sp³-hybridized carbons (Fsp3) is 0.125. The number of thiophene rings is 1. The standard InChI is InChI=1S/C56H41N2S2/c1-4-16-52-48(13-1)49-14-2-5-17-53(49)58(52)44-11-7-9-39(31-44)37-19-24-42(25-20-37)57(45-12-8-10-41(33-45)56-34-46-28-29-47(35-56)60(46)36-56)43-26-21-38(22-27-43)40-23-30-55-51(32-40)50-15-3-6-18-54(50)59-55/h1-27,30-33,46-47H,28-29,34-35H2/q-1/t46-,47-/m0/s1. The molecule has 13 rings (SSSR count). The van der Waals surface area contributed by atoms with Crippen LogP contribution in [0, 0.1) is 5.18 Å². The van der Waals surface area contributed by atoms with Crippen molar-refractivity contribution in [3.63, 3.8) is 0 Å². The van der Waals surface area contributed by atoms with Crippen molar-refractivity contribution in [3.8, 4) is 33.1 Å². The van der Waals surface area contributed by atoms with Gasteiger partial charge in [0.2, 0.25) is 0 Å². The minimum Gasteiger partial charge on any atom is -0.447 e. The quantitative estimate of drug-likeness (QED) is 0.146. The van der Waals surface area contributed by atoms with Gasteiger partial charge in [-0.25, -0.2) is 0 Å². The van der Waals surface area contributed by atoms with Crippen LogP contribution in [0.15, 0.2) is 188 Å². The van der Waals surface area contributed by atoms with E-state index in [2.05, 4.69) is 203 Å². The summed E-state index contributed by atoms with van der Waals surface area (Å²) in [6.07, 6.45) is 5.34. The number of anilines is 3. The Hall–Kier alpha value is -6.29. The molecule has 8 aromatic carbocycles. The topological polar surface area (TPSA) is 8.17 Å². The van der Waals surface area contributed by atoms with Crippen molar-refractivity contribution in [2.45, 2.75) is 41.6 Å². The van der Waals surface area contributed by atoms with Crippen LogP contribution in [0.25, 0.3) is 69.9 Å². The molecule has 10 aromatic rings. The molecule has 0 radical (unpaired) electrons. The first-order valence-corrected chi connectivity index (χ1v) is 23.4. The minimum absolute atomic E-state index is 0.107. The van der Waals surface area contributed by atoms with E-state index in [0.717, 1.165) is 21.9 Å². The molecule has 3 aliphatic heterocycles. The first kappa shape index (κ1) is 34.6. The normalized spacial score (nSPS) is 19.4. The monoisotopic (exact) mass is 805 g/mol. The van der Waals surface area contributed by atoms with E-state index >= 15 is 0 Å². The molecule has 0 aliphatic carbocycles. The van der Waals surface area contributed by atoms with Gasteiger partial charge in [0.05, 0.1) is 11.0 Å². The van der Waals surface area contributed by atoms with Gasteiger partial charge in [-0.05, 0) is 107 Å². The lowest BCUT2D eigenvalue weighted by molar-refractivity contribution is 0.490. The molecule has 0 amide bonds. The first-order chi connectivity index (χ1) is 29.7. The van der Waals surface area contributed by atoms with Gasteiger partial charge in [-0.1, -0.05) is 135 Å². The molecule has 4 heteroatoms. The summed E-state index contributed by atoms with van der Waals surface area (Å²) in [7, 11) is 0.386. The second-order valence-electron chi connectivity index (χ2n) is 17.0. The zero-order valence-electron chi connectivity index (χ0n) is 33.1. The number of hydrogen-bond acceptors (Lipinski definition) is 3. The van der Waals surface area contributed by atoms with E-state index in [4.69, 9.17) is 0 Å². The molecule has 0 saturated carbocycles. The van der Waals surface area contributed by atoms with Crippen LogP contribution in [0.1, 0.15) is 31.2 Å². The molecule has 2 atom stereocenters.